The van der Waals surface area contributed by atoms with E-state index in [1.165, 1.54) is 6.92 Å². The van der Waals surface area contributed by atoms with E-state index in [1.54, 1.807) is 0 Å². The van der Waals surface area contributed by atoms with Crippen LogP contribution in [0.5, 0.6) is 0 Å². The molecule has 8 heteroatoms. The molecule has 0 aliphatic rings. The zero-order valence-electron chi connectivity index (χ0n) is 10.2. The third-order valence-corrected chi connectivity index (χ3v) is 4.01. The van der Waals surface area contributed by atoms with Crippen molar-refractivity contribution in [3.63, 3.8) is 0 Å². The van der Waals surface area contributed by atoms with Gasteiger partial charge in [0.1, 0.15) is 11.5 Å². The van der Waals surface area contributed by atoms with Crippen molar-refractivity contribution in [3.8, 4) is 0 Å². The van der Waals surface area contributed by atoms with Gasteiger partial charge in [-0.2, -0.15) is 13.8 Å². The average Bonchev–Trinajstić information content (AvgIpc) is 2.32. The summed E-state index contributed by atoms with van der Waals surface area (Å²) in [6, 6.07) is 4.79. The molecule has 0 radical (unpaired) electrons. The van der Waals surface area contributed by atoms with E-state index in [2.05, 4.69) is 4.98 Å². The number of hydrogen-bond acceptors (Lipinski definition) is 3. The van der Waals surface area contributed by atoms with Crippen LogP contribution >= 0.6 is 0 Å². The molecule has 0 saturated heterocycles. The van der Waals surface area contributed by atoms with Crippen LogP contribution in [-0.4, -0.2) is 13.4 Å². The van der Waals surface area contributed by atoms with E-state index in [-0.39, 0.29) is 10.5 Å². The monoisotopic (exact) mass is 302 g/mol. The second-order valence-corrected chi connectivity index (χ2v) is 5.64. The third-order valence-electron chi connectivity index (χ3n) is 2.49. The first kappa shape index (κ1) is 14.3. The van der Waals surface area contributed by atoms with Crippen molar-refractivity contribution in [1.29, 1.82) is 0 Å². The smallest absolute Gasteiger partial charge is 0.262 e. The molecule has 2 aromatic rings. The maximum absolute atomic E-state index is 13.3. The van der Waals surface area contributed by atoms with Gasteiger partial charge >= 0.3 is 0 Å². The summed E-state index contributed by atoms with van der Waals surface area (Å²) < 4.78 is 64.9. The molecular formula is C12H9F3N2O2S. The van der Waals surface area contributed by atoms with Crippen LogP contribution in [0.2, 0.25) is 0 Å². The minimum atomic E-state index is -4.12. The van der Waals surface area contributed by atoms with E-state index in [0.717, 1.165) is 30.3 Å². The Bertz CT molecular complexity index is 763. The lowest BCUT2D eigenvalue weighted by molar-refractivity contribution is 0.515. The predicted octanol–water partition coefficient (Wildman–Crippen LogP) is 2.61. The molecule has 0 spiro atoms. The summed E-state index contributed by atoms with van der Waals surface area (Å²) in [5.41, 5.74) is -0.330. The molecule has 1 heterocycles. The molecule has 0 atom stereocenters. The summed E-state index contributed by atoms with van der Waals surface area (Å²) in [5.74, 6) is -2.94. The quantitative estimate of drug-likeness (QED) is 0.887. The Kier molecular flexibility index (Phi) is 3.67. The Morgan fingerprint density at radius 1 is 1.10 bits per heavy atom. The number of aromatic nitrogens is 1. The molecule has 1 N–H and O–H groups in total. The first-order valence-electron chi connectivity index (χ1n) is 5.40. The summed E-state index contributed by atoms with van der Waals surface area (Å²) in [4.78, 5) is 2.66. The van der Waals surface area contributed by atoms with Crippen LogP contribution in [0, 0.1) is 24.6 Å². The number of halogens is 3. The average molecular weight is 302 g/mol. The van der Waals surface area contributed by atoms with Crippen molar-refractivity contribution in [3.05, 3.63) is 53.6 Å². The summed E-state index contributed by atoms with van der Waals surface area (Å²) >= 11 is 0. The molecule has 1 aromatic carbocycles. The number of sulfonamides is 1. The van der Waals surface area contributed by atoms with E-state index in [1.807, 2.05) is 4.72 Å². The SMILES string of the molecule is Cc1cc(F)ccc1S(=O)(=O)Nc1ccc(F)nc1F. The number of nitrogens with one attached hydrogen (secondary N) is 1. The van der Waals surface area contributed by atoms with Crippen molar-refractivity contribution < 1.29 is 21.6 Å². The number of anilines is 1. The molecule has 1 aromatic heterocycles. The second-order valence-electron chi connectivity index (χ2n) is 3.99. The van der Waals surface area contributed by atoms with Gasteiger partial charge in [-0.25, -0.2) is 12.8 Å². The fourth-order valence-corrected chi connectivity index (χ4v) is 2.88. The zero-order chi connectivity index (χ0) is 14.9. The predicted molar refractivity (Wildman–Crippen MR) is 66.1 cm³/mol. The van der Waals surface area contributed by atoms with Gasteiger partial charge in [0.05, 0.1) is 4.90 Å². The van der Waals surface area contributed by atoms with Crippen LogP contribution in [0.4, 0.5) is 18.9 Å². The molecule has 20 heavy (non-hydrogen) atoms. The minimum Gasteiger partial charge on any atom is -0.275 e. The highest BCUT2D eigenvalue weighted by Crippen LogP contribution is 2.21. The van der Waals surface area contributed by atoms with Crippen LogP contribution in [0.25, 0.3) is 0 Å². The molecule has 0 amide bonds. The topological polar surface area (TPSA) is 59.1 Å². The van der Waals surface area contributed by atoms with E-state index < -0.39 is 33.4 Å². The standard InChI is InChI=1S/C12H9F3N2O2S/c1-7-6-8(13)2-4-10(7)20(18,19)17-9-3-5-11(14)16-12(9)15/h2-6,17H,1H3. The van der Waals surface area contributed by atoms with Gasteiger partial charge in [-0.15, -0.1) is 0 Å². The molecular weight excluding hydrogens is 293 g/mol. The van der Waals surface area contributed by atoms with Gasteiger partial charge in [-0.3, -0.25) is 4.72 Å². The summed E-state index contributed by atoms with van der Waals surface area (Å²) in [5, 5.41) is 0. The molecule has 4 nitrogen and oxygen atoms in total. The van der Waals surface area contributed by atoms with Gasteiger partial charge < -0.3 is 0 Å². The number of aryl methyl sites for hydroxylation is 1. The normalized spacial score (nSPS) is 11.4. The summed E-state index contributed by atoms with van der Waals surface area (Å²) in [7, 11) is -4.12. The highest BCUT2D eigenvalue weighted by molar-refractivity contribution is 7.92. The van der Waals surface area contributed by atoms with Crippen molar-refractivity contribution in [2.45, 2.75) is 11.8 Å². The molecule has 0 unspecified atom stereocenters. The Hall–Kier alpha value is -2.09. The molecule has 0 aliphatic carbocycles. The lowest BCUT2D eigenvalue weighted by atomic mass is 10.2. The third kappa shape index (κ3) is 2.90. The molecule has 0 saturated carbocycles. The number of nitrogens with zero attached hydrogens (tertiary/aromatic N) is 1. The van der Waals surface area contributed by atoms with E-state index in [0.29, 0.717) is 0 Å². The zero-order valence-corrected chi connectivity index (χ0v) is 11.0. The number of benzene rings is 1. The fraction of sp³-hybridized carbons (Fsp3) is 0.0833. The van der Waals surface area contributed by atoms with Crippen LogP contribution in [0.15, 0.2) is 35.2 Å². The van der Waals surface area contributed by atoms with Crippen molar-refractivity contribution in [2.75, 3.05) is 4.72 Å². The van der Waals surface area contributed by atoms with Gasteiger partial charge in [0.15, 0.2) is 0 Å². The Morgan fingerprint density at radius 2 is 1.80 bits per heavy atom. The van der Waals surface area contributed by atoms with Crippen LogP contribution < -0.4 is 4.72 Å². The van der Waals surface area contributed by atoms with Crippen LogP contribution in [0.3, 0.4) is 0 Å². The van der Waals surface area contributed by atoms with Gasteiger partial charge in [0, 0.05) is 0 Å². The summed E-state index contributed by atoms with van der Waals surface area (Å²) in [6.07, 6.45) is 0. The Balaban J connectivity index is 2.41. The van der Waals surface area contributed by atoms with Crippen molar-refractivity contribution in [2.24, 2.45) is 0 Å². The molecule has 106 valence electrons. The number of rotatable bonds is 3. The second kappa shape index (κ2) is 5.12. The number of hydrogen-bond donors (Lipinski definition) is 1. The number of pyridine rings is 1. The lowest BCUT2D eigenvalue weighted by Crippen LogP contribution is -2.16. The van der Waals surface area contributed by atoms with Crippen molar-refractivity contribution in [1.82, 2.24) is 4.98 Å². The maximum Gasteiger partial charge on any atom is 0.262 e. The minimum absolute atomic E-state index is 0.160. The van der Waals surface area contributed by atoms with Gasteiger partial charge in [0.2, 0.25) is 11.9 Å². The first-order valence-corrected chi connectivity index (χ1v) is 6.89. The Labute approximate surface area is 113 Å². The largest absolute Gasteiger partial charge is 0.275 e. The van der Waals surface area contributed by atoms with Gasteiger partial charge in [-0.1, -0.05) is 0 Å². The van der Waals surface area contributed by atoms with Gasteiger partial charge in [0.25, 0.3) is 10.0 Å². The first-order chi connectivity index (χ1) is 9.29. The van der Waals surface area contributed by atoms with E-state index in [9.17, 15) is 21.6 Å². The molecule has 0 aliphatic heterocycles. The van der Waals surface area contributed by atoms with E-state index in [4.69, 9.17) is 0 Å². The van der Waals surface area contributed by atoms with Crippen LogP contribution in [-0.2, 0) is 10.0 Å². The molecule has 0 fully saturated rings. The lowest BCUT2D eigenvalue weighted by Gasteiger charge is -2.10. The Morgan fingerprint density at radius 3 is 2.40 bits per heavy atom. The van der Waals surface area contributed by atoms with Crippen molar-refractivity contribution >= 4 is 15.7 Å². The highest BCUT2D eigenvalue weighted by Gasteiger charge is 2.19. The fourth-order valence-electron chi connectivity index (χ4n) is 1.60. The van der Waals surface area contributed by atoms with Gasteiger partial charge in [-0.05, 0) is 42.8 Å². The highest BCUT2D eigenvalue weighted by atomic mass is 32.2. The van der Waals surface area contributed by atoms with Crippen LogP contribution in [0.1, 0.15) is 5.56 Å². The molecule has 0 bridgehead atoms. The maximum atomic E-state index is 13.3. The summed E-state index contributed by atoms with van der Waals surface area (Å²) in [6.45, 7) is 1.40. The van der Waals surface area contributed by atoms with E-state index >= 15 is 0 Å². The molecule has 2 rings (SSSR count).